The first-order valence-corrected chi connectivity index (χ1v) is 9.65. The number of nitrogens with one attached hydrogen (secondary N) is 1. The van der Waals surface area contributed by atoms with Crippen LogP contribution in [-0.4, -0.2) is 32.6 Å². The Morgan fingerprint density at radius 2 is 1.86 bits per heavy atom. The maximum atomic E-state index is 10.6. The number of nitrogens with zero attached hydrogens (tertiary/aromatic N) is 1. The summed E-state index contributed by atoms with van der Waals surface area (Å²) in [6, 6.07) is 12.9. The van der Waals surface area contributed by atoms with Crippen molar-refractivity contribution in [3.8, 4) is 17.2 Å². The number of primary amides is 1. The highest BCUT2D eigenvalue weighted by Gasteiger charge is 2.06. The maximum absolute atomic E-state index is 10.6. The molecule has 7 nitrogen and oxygen atoms in total. The van der Waals surface area contributed by atoms with Crippen LogP contribution in [0.25, 0.3) is 0 Å². The van der Waals surface area contributed by atoms with Crippen molar-refractivity contribution in [2.45, 2.75) is 32.6 Å². The molecule has 0 heterocycles. The van der Waals surface area contributed by atoms with Crippen LogP contribution in [0, 0.1) is 0 Å². The number of amides is 2. The third-order valence-corrected chi connectivity index (χ3v) is 4.45. The minimum atomic E-state index is -0.721. The smallest absolute Gasteiger partial charge is 0.332 e. The maximum Gasteiger partial charge on any atom is 0.332 e. The predicted molar refractivity (Wildman–Crippen MR) is 114 cm³/mol. The van der Waals surface area contributed by atoms with E-state index in [9.17, 15) is 4.79 Å². The molecule has 0 aromatic heterocycles. The number of carbonyl (C=O) groups excluding carboxylic acids is 1. The number of ether oxygens (including phenoxy) is 3. The van der Waals surface area contributed by atoms with Crippen molar-refractivity contribution >= 4 is 12.2 Å². The van der Waals surface area contributed by atoms with Crippen molar-refractivity contribution in [2.24, 2.45) is 10.8 Å². The molecule has 156 valence electrons. The Bertz CT molecular complexity index is 806. The van der Waals surface area contributed by atoms with E-state index in [2.05, 4.69) is 36.5 Å². The molecule has 0 saturated heterocycles. The molecule has 2 aromatic carbocycles. The first-order chi connectivity index (χ1) is 14.0. The molecule has 0 saturated carbocycles. The Labute approximate surface area is 171 Å². The minimum absolute atomic E-state index is 0.498. The van der Waals surface area contributed by atoms with Crippen molar-refractivity contribution < 1.29 is 19.0 Å². The summed E-state index contributed by atoms with van der Waals surface area (Å²) in [5.74, 6) is 2.63. The quantitative estimate of drug-likeness (QED) is 0.338. The largest absolute Gasteiger partial charge is 0.493 e. The number of carbonyl (C=O) groups is 1. The highest BCUT2D eigenvalue weighted by molar-refractivity contribution is 5.82. The summed E-state index contributed by atoms with van der Waals surface area (Å²) < 4.78 is 16.9. The van der Waals surface area contributed by atoms with E-state index < -0.39 is 6.03 Å². The highest BCUT2D eigenvalue weighted by atomic mass is 16.5. The second-order valence-corrected chi connectivity index (χ2v) is 6.57. The summed E-state index contributed by atoms with van der Waals surface area (Å²) in [7, 11) is 1.57. The van der Waals surface area contributed by atoms with Crippen LogP contribution >= 0.6 is 0 Å². The standard InChI is InChI=1S/C22H29N3O4/c1-4-16(2)18-7-9-19(10-8-18)28-12-5-13-29-20-11-6-17(14-21(20)27-3)15-24-25-22(23)26/h6-11,14-16H,4-5,12-13H2,1-3H3,(H3,23,25,26). The summed E-state index contributed by atoms with van der Waals surface area (Å²) in [4.78, 5) is 10.6. The van der Waals surface area contributed by atoms with Gasteiger partial charge >= 0.3 is 6.03 Å². The monoisotopic (exact) mass is 399 g/mol. The first kappa shape index (κ1) is 22.1. The van der Waals surface area contributed by atoms with E-state index in [4.69, 9.17) is 19.9 Å². The summed E-state index contributed by atoms with van der Waals surface area (Å²) in [5, 5.41) is 3.72. The average Bonchev–Trinajstić information content (AvgIpc) is 2.73. The lowest BCUT2D eigenvalue weighted by Crippen LogP contribution is -2.24. The van der Waals surface area contributed by atoms with Gasteiger partial charge in [-0.25, -0.2) is 10.2 Å². The van der Waals surface area contributed by atoms with Gasteiger partial charge in [0.1, 0.15) is 5.75 Å². The van der Waals surface area contributed by atoms with E-state index in [0.29, 0.717) is 30.6 Å². The number of hydrogen-bond donors (Lipinski definition) is 2. The van der Waals surface area contributed by atoms with Crippen molar-refractivity contribution in [3.05, 3.63) is 53.6 Å². The molecule has 2 amide bonds. The fraction of sp³-hybridized carbons (Fsp3) is 0.364. The molecule has 1 atom stereocenters. The number of urea groups is 1. The summed E-state index contributed by atoms with van der Waals surface area (Å²) in [6.07, 6.45) is 3.33. The Hall–Kier alpha value is -3.22. The molecule has 0 spiro atoms. The van der Waals surface area contributed by atoms with Gasteiger partial charge in [0.25, 0.3) is 0 Å². The summed E-state index contributed by atoms with van der Waals surface area (Å²) in [6.45, 7) is 5.47. The predicted octanol–water partition coefficient (Wildman–Crippen LogP) is 4.06. The normalized spacial score (nSPS) is 11.8. The van der Waals surface area contributed by atoms with Crippen LogP contribution in [0.2, 0.25) is 0 Å². The SMILES string of the molecule is CCC(C)c1ccc(OCCCOc2ccc(C=NNC(N)=O)cc2OC)cc1. The summed E-state index contributed by atoms with van der Waals surface area (Å²) >= 11 is 0. The number of methoxy groups -OCH3 is 1. The lowest BCUT2D eigenvalue weighted by Gasteiger charge is -2.12. The molecule has 0 aliphatic rings. The van der Waals surface area contributed by atoms with Crippen molar-refractivity contribution in [1.82, 2.24) is 5.43 Å². The second kappa shape index (κ2) is 11.6. The third-order valence-electron chi connectivity index (χ3n) is 4.45. The molecule has 7 heteroatoms. The van der Waals surface area contributed by atoms with Gasteiger partial charge in [-0.3, -0.25) is 0 Å². The topological polar surface area (TPSA) is 95.2 Å². The van der Waals surface area contributed by atoms with Gasteiger partial charge in [0, 0.05) is 6.42 Å². The van der Waals surface area contributed by atoms with Crippen LogP contribution in [0.5, 0.6) is 17.2 Å². The van der Waals surface area contributed by atoms with Crippen molar-refractivity contribution in [2.75, 3.05) is 20.3 Å². The van der Waals surface area contributed by atoms with Crippen molar-refractivity contribution in [3.63, 3.8) is 0 Å². The fourth-order valence-electron chi connectivity index (χ4n) is 2.61. The van der Waals surface area contributed by atoms with Gasteiger partial charge in [0.2, 0.25) is 0 Å². The van der Waals surface area contributed by atoms with E-state index in [0.717, 1.165) is 24.2 Å². The Balaban J connectivity index is 1.78. The van der Waals surface area contributed by atoms with Crippen LogP contribution in [0.4, 0.5) is 4.79 Å². The van der Waals surface area contributed by atoms with Gasteiger partial charge in [-0.15, -0.1) is 0 Å². The Morgan fingerprint density at radius 3 is 2.52 bits per heavy atom. The number of rotatable bonds is 11. The molecule has 0 radical (unpaired) electrons. The third kappa shape index (κ3) is 7.37. The van der Waals surface area contributed by atoms with Gasteiger partial charge in [-0.1, -0.05) is 26.0 Å². The van der Waals surface area contributed by atoms with Gasteiger partial charge in [-0.05, 0) is 53.8 Å². The second-order valence-electron chi connectivity index (χ2n) is 6.57. The van der Waals surface area contributed by atoms with Gasteiger partial charge < -0.3 is 19.9 Å². The molecule has 2 aromatic rings. The molecule has 2 rings (SSSR count). The van der Waals surface area contributed by atoms with E-state index in [1.807, 2.05) is 12.1 Å². The van der Waals surface area contributed by atoms with Crippen molar-refractivity contribution in [1.29, 1.82) is 0 Å². The van der Waals surface area contributed by atoms with Gasteiger partial charge in [0.15, 0.2) is 11.5 Å². The lowest BCUT2D eigenvalue weighted by molar-refractivity contribution is 0.240. The molecule has 0 aliphatic carbocycles. The van der Waals surface area contributed by atoms with Crippen LogP contribution in [-0.2, 0) is 0 Å². The minimum Gasteiger partial charge on any atom is -0.493 e. The molecule has 0 bridgehead atoms. The summed E-state index contributed by atoms with van der Waals surface area (Å²) in [5.41, 5.74) is 9.17. The zero-order valence-electron chi connectivity index (χ0n) is 17.2. The van der Waals surface area contributed by atoms with E-state index in [-0.39, 0.29) is 0 Å². The lowest BCUT2D eigenvalue weighted by atomic mass is 9.99. The molecule has 3 N–H and O–H groups in total. The number of hydrazone groups is 1. The van der Waals surface area contributed by atoms with Gasteiger partial charge in [0.05, 0.1) is 26.5 Å². The van der Waals surface area contributed by atoms with Crippen LogP contribution < -0.4 is 25.4 Å². The average molecular weight is 399 g/mol. The fourth-order valence-corrected chi connectivity index (χ4v) is 2.61. The van der Waals surface area contributed by atoms with E-state index in [1.54, 1.807) is 25.3 Å². The Kier molecular flexibility index (Phi) is 8.82. The Morgan fingerprint density at radius 1 is 1.14 bits per heavy atom. The van der Waals surface area contributed by atoms with Crippen LogP contribution in [0.15, 0.2) is 47.6 Å². The van der Waals surface area contributed by atoms with Crippen LogP contribution in [0.3, 0.4) is 0 Å². The number of nitrogens with two attached hydrogens (primary N) is 1. The molecule has 0 fully saturated rings. The molecular weight excluding hydrogens is 370 g/mol. The zero-order valence-corrected chi connectivity index (χ0v) is 17.2. The van der Waals surface area contributed by atoms with Crippen LogP contribution in [0.1, 0.15) is 43.7 Å². The number of hydrogen-bond acceptors (Lipinski definition) is 5. The molecule has 0 aliphatic heterocycles. The molecular formula is C22H29N3O4. The molecule has 29 heavy (non-hydrogen) atoms. The zero-order chi connectivity index (χ0) is 21.1. The van der Waals surface area contributed by atoms with E-state index >= 15 is 0 Å². The van der Waals surface area contributed by atoms with Gasteiger partial charge in [-0.2, -0.15) is 5.10 Å². The first-order valence-electron chi connectivity index (χ1n) is 9.65. The number of benzene rings is 2. The highest BCUT2D eigenvalue weighted by Crippen LogP contribution is 2.27. The van der Waals surface area contributed by atoms with E-state index in [1.165, 1.54) is 11.8 Å². The molecule has 1 unspecified atom stereocenters.